The fraction of sp³-hybridized carbons (Fsp3) is 0.667. The third-order valence-electron chi connectivity index (χ3n) is 7.46. The standard InChI is InChI=1S/C24H31Cl2N3OS/c1-2-3-29-21(10-22(30)27-20-8-18(25)7-19(26)9-20)14-31-23(29)28-24-11-15-4-16(12-24)6-17(5-15)13-24/h7-9,15-17,21H,2-6,10-14H2,1H3,(H,27,30). The fourth-order valence-electron chi connectivity index (χ4n) is 6.74. The van der Waals surface area contributed by atoms with Crippen LogP contribution < -0.4 is 5.32 Å². The van der Waals surface area contributed by atoms with Crippen LogP contribution in [0.2, 0.25) is 10.0 Å². The third kappa shape index (κ3) is 4.74. The second kappa shape index (κ2) is 8.79. The van der Waals surface area contributed by atoms with Gasteiger partial charge in [-0.25, -0.2) is 0 Å². The van der Waals surface area contributed by atoms with Crippen molar-refractivity contribution in [1.82, 2.24) is 4.90 Å². The lowest BCUT2D eigenvalue weighted by atomic mass is 9.53. The molecule has 31 heavy (non-hydrogen) atoms. The summed E-state index contributed by atoms with van der Waals surface area (Å²) in [5, 5.41) is 5.21. The molecule has 4 nitrogen and oxygen atoms in total. The molecule has 0 aromatic heterocycles. The number of thioether (sulfide) groups is 1. The molecule has 0 radical (unpaired) electrons. The number of halogens is 2. The van der Waals surface area contributed by atoms with Crippen LogP contribution in [0.25, 0.3) is 0 Å². The van der Waals surface area contributed by atoms with E-state index in [1.165, 1.54) is 43.7 Å². The van der Waals surface area contributed by atoms with Crippen LogP contribution in [0.1, 0.15) is 58.3 Å². The molecule has 5 aliphatic rings. The minimum absolute atomic E-state index is 0.00101. The lowest BCUT2D eigenvalue weighted by molar-refractivity contribution is -0.116. The Bertz CT molecular complexity index is 834. The highest BCUT2D eigenvalue weighted by molar-refractivity contribution is 8.14. The average molecular weight is 481 g/mol. The smallest absolute Gasteiger partial charge is 0.226 e. The molecule has 1 unspecified atom stereocenters. The van der Waals surface area contributed by atoms with Gasteiger partial charge in [-0.2, -0.15) is 0 Å². The first-order valence-electron chi connectivity index (χ1n) is 11.7. The maximum absolute atomic E-state index is 12.8. The number of nitrogens with zero attached hydrogens (tertiary/aromatic N) is 2. The highest BCUT2D eigenvalue weighted by Crippen LogP contribution is 2.57. The molecule has 4 saturated carbocycles. The van der Waals surface area contributed by atoms with Crippen LogP contribution in [0, 0.1) is 17.8 Å². The van der Waals surface area contributed by atoms with Crippen LogP contribution in [-0.2, 0) is 4.79 Å². The number of carbonyl (C=O) groups excluding carboxylic acids is 1. The molecule has 0 spiro atoms. The zero-order valence-corrected chi connectivity index (χ0v) is 20.4. The molecule has 168 valence electrons. The number of hydrogen-bond acceptors (Lipinski definition) is 3. The fourth-order valence-corrected chi connectivity index (χ4v) is 8.57. The summed E-state index contributed by atoms with van der Waals surface area (Å²) in [6.45, 7) is 3.16. The number of aliphatic imine (C=N–C) groups is 1. The number of amides is 1. The second-order valence-electron chi connectivity index (χ2n) is 10.1. The van der Waals surface area contributed by atoms with Gasteiger partial charge < -0.3 is 10.2 Å². The molecule has 1 saturated heterocycles. The van der Waals surface area contributed by atoms with Gasteiger partial charge >= 0.3 is 0 Å². The molecule has 1 atom stereocenters. The number of anilines is 1. The molecule has 4 bridgehead atoms. The summed E-state index contributed by atoms with van der Waals surface area (Å²) < 4.78 is 0. The van der Waals surface area contributed by atoms with Crippen LogP contribution >= 0.6 is 35.0 Å². The Labute approximate surface area is 199 Å². The number of amidine groups is 1. The maximum Gasteiger partial charge on any atom is 0.226 e. The van der Waals surface area contributed by atoms with Crippen LogP contribution in [0.4, 0.5) is 5.69 Å². The highest BCUT2D eigenvalue weighted by atomic mass is 35.5. The molecule has 1 aromatic carbocycles. The first kappa shape index (κ1) is 21.9. The lowest BCUT2D eigenvalue weighted by Crippen LogP contribution is -2.50. The van der Waals surface area contributed by atoms with Crippen LogP contribution in [-0.4, -0.2) is 39.9 Å². The SMILES string of the molecule is CCCN1C(=NC23CC4CC(CC(C4)C2)C3)SCC1CC(=O)Nc1cc(Cl)cc(Cl)c1. The van der Waals surface area contributed by atoms with Crippen molar-refractivity contribution in [3.05, 3.63) is 28.2 Å². The van der Waals surface area contributed by atoms with Gasteiger partial charge in [-0.3, -0.25) is 9.79 Å². The van der Waals surface area contributed by atoms with E-state index >= 15 is 0 Å². The predicted molar refractivity (Wildman–Crippen MR) is 131 cm³/mol. The summed E-state index contributed by atoms with van der Waals surface area (Å²) in [6.07, 6.45) is 9.67. The Kier molecular flexibility index (Phi) is 6.22. The monoisotopic (exact) mass is 479 g/mol. The Morgan fingerprint density at radius 3 is 2.32 bits per heavy atom. The number of carbonyl (C=O) groups is 1. The van der Waals surface area contributed by atoms with Gasteiger partial charge in [0, 0.05) is 40.5 Å². The predicted octanol–water partition coefficient (Wildman–Crippen LogP) is 6.47. The van der Waals surface area contributed by atoms with E-state index in [-0.39, 0.29) is 17.5 Å². The number of nitrogens with one attached hydrogen (secondary N) is 1. The van der Waals surface area contributed by atoms with Crippen molar-refractivity contribution in [3.8, 4) is 0 Å². The normalized spacial score (nSPS) is 35.2. The van der Waals surface area contributed by atoms with Gasteiger partial charge in [0.25, 0.3) is 0 Å². The van der Waals surface area contributed by atoms with Crippen LogP contribution in [0.3, 0.4) is 0 Å². The van der Waals surface area contributed by atoms with Gasteiger partial charge in [0.05, 0.1) is 5.54 Å². The molecule has 7 heteroatoms. The molecule has 1 aliphatic heterocycles. The van der Waals surface area contributed by atoms with Crippen molar-refractivity contribution in [1.29, 1.82) is 0 Å². The first-order valence-corrected chi connectivity index (χ1v) is 13.4. The largest absolute Gasteiger partial charge is 0.347 e. The Balaban J connectivity index is 1.28. The molecule has 1 aromatic rings. The topological polar surface area (TPSA) is 44.7 Å². The van der Waals surface area contributed by atoms with E-state index in [9.17, 15) is 4.79 Å². The van der Waals surface area contributed by atoms with E-state index in [4.69, 9.17) is 28.2 Å². The third-order valence-corrected chi connectivity index (χ3v) is 9.03. The molecule has 5 fully saturated rings. The van der Waals surface area contributed by atoms with Crippen molar-refractivity contribution in [2.75, 3.05) is 17.6 Å². The van der Waals surface area contributed by atoms with E-state index in [1.807, 2.05) is 11.8 Å². The van der Waals surface area contributed by atoms with E-state index in [0.29, 0.717) is 22.2 Å². The van der Waals surface area contributed by atoms with E-state index < -0.39 is 0 Å². The number of benzene rings is 1. The Morgan fingerprint density at radius 1 is 1.13 bits per heavy atom. The lowest BCUT2D eigenvalue weighted by Gasteiger charge is -2.55. The summed E-state index contributed by atoms with van der Waals surface area (Å²) in [5.74, 6) is 3.61. The van der Waals surface area contributed by atoms with Crippen molar-refractivity contribution < 1.29 is 4.79 Å². The number of rotatable bonds is 6. The maximum atomic E-state index is 12.8. The van der Waals surface area contributed by atoms with E-state index in [1.54, 1.807) is 18.2 Å². The molecule has 1 heterocycles. The Hall–Kier alpha value is -0.910. The van der Waals surface area contributed by atoms with Gasteiger partial charge in [-0.1, -0.05) is 41.9 Å². The molecular weight excluding hydrogens is 449 g/mol. The summed E-state index contributed by atoms with van der Waals surface area (Å²) >= 11 is 14.0. The summed E-state index contributed by atoms with van der Waals surface area (Å²) in [5.41, 5.74) is 0.829. The first-order chi connectivity index (χ1) is 14.9. The van der Waals surface area contributed by atoms with Gasteiger partial charge in [-0.15, -0.1) is 0 Å². The molecule has 1 amide bonds. The van der Waals surface area contributed by atoms with Gasteiger partial charge in [-0.05, 0) is 80.9 Å². The molecular formula is C24H31Cl2N3OS. The van der Waals surface area contributed by atoms with Crippen molar-refractivity contribution in [2.24, 2.45) is 22.7 Å². The molecule has 1 N–H and O–H groups in total. The van der Waals surface area contributed by atoms with E-state index in [0.717, 1.165) is 36.5 Å². The van der Waals surface area contributed by atoms with Gasteiger partial charge in [0.15, 0.2) is 5.17 Å². The van der Waals surface area contributed by atoms with Crippen LogP contribution in [0.15, 0.2) is 23.2 Å². The minimum Gasteiger partial charge on any atom is -0.347 e. The summed E-state index contributed by atoms with van der Waals surface area (Å²) in [7, 11) is 0. The quantitative estimate of drug-likeness (QED) is 0.507. The van der Waals surface area contributed by atoms with Gasteiger partial charge in [0.2, 0.25) is 5.91 Å². The summed E-state index contributed by atoms with van der Waals surface area (Å²) in [4.78, 5) is 20.7. The van der Waals surface area contributed by atoms with Crippen molar-refractivity contribution in [2.45, 2.75) is 69.9 Å². The zero-order chi connectivity index (χ0) is 21.6. The molecule has 6 rings (SSSR count). The van der Waals surface area contributed by atoms with Crippen molar-refractivity contribution >= 4 is 51.7 Å². The van der Waals surface area contributed by atoms with Gasteiger partial charge in [0.1, 0.15) is 0 Å². The van der Waals surface area contributed by atoms with Crippen LogP contribution in [0.5, 0.6) is 0 Å². The zero-order valence-electron chi connectivity index (χ0n) is 18.1. The second-order valence-corrected chi connectivity index (χ2v) is 12.0. The summed E-state index contributed by atoms with van der Waals surface area (Å²) in [6, 6.07) is 5.33. The molecule has 4 aliphatic carbocycles. The minimum atomic E-state index is 0.00101. The van der Waals surface area contributed by atoms with Crippen molar-refractivity contribution in [3.63, 3.8) is 0 Å². The highest BCUT2D eigenvalue weighted by Gasteiger charge is 2.51. The number of hydrogen-bond donors (Lipinski definition) is 1. The van der Waals surface area contributed by atoms with E-state index in [2.05, 4.69) is 17.1 Å². The average Bonchev–Trinajstić information content (AvgIpc) is 3.00. The Morgan fingerprint density at radius 2 is 1.74 bits per heavy atom.